The van der Waals surface area contributed by atoms with Crippen LogP contribution in [0.3, 0.4) is 0 Å². The fourth-order valence-electron chi connectivity index (χ4n) is 18.6. The summed E-state index contributed by atoms with van der Waals surface area (Å²) in [7, 11) is 0. The molecule has 21 nitrogen and oxygen atoms in total. The largest absolute Gasteiger partial charge is 0.480 e. The molecule has 10 aliphatic rings. The Morgan fingerprint density at radius 2 is 0.791 bits per heavy atom. The summed E-state index contributed by atoms with van der Waals surface area (Å²) in [5, 5.41) is 40.8. The SMILES string of the molecule is CC1(C)CCC(c2ccc(F)cc2[C@@H](C(=O)O)N2CC[C@@H](OCCCCc3ccc4c(n3)NCCC4)C2)O1.CC1(C)CCC(c2ccc(F)cc2[C@H](C(=O)O)N2CC[C@@H](OCCCCc3ccc4c(n3)NCCC4)C2)O1.O=C(O)[C@H](c1cc(F)ccc1[C@@H]1CCC2(CC2)CO1)N1CC[C@@H](OCCCCc2ccc3c(n2)NCCC3)C1. The van der Waals surface area contributed by atoms with Crippen LogP contribution in [0.2, 0.25) is 0 Å². The molecule has 115 heavy (non-hydrogen) atoms. The van der Waals surface area contributed by atoms with E-state index in [0.717, 1.165) is 225 Å². The van der Waals surface area contributed by atoms with Crippen molar-refractivity contribution in [1.29, 1.82) is 0 Å². The van der Waals surface area contributed by atoms with Crippen molar-refractivity contribution in [1.82, 2.24) is 29.7 Å². The van der Waals surface area contributed by atoms with E-state index < -0.39 is 53.5 Å². The van der Waals surface area contributed by atoms with E-state index in [1.807, 2.05) is 42.4 Å². The lowest BCUT2D eigenvalue weighted by molar-refractivity contribution is -0.144. The number of aromatic nitrogens is 3. The molecule has 9 atom stereocenters. The second kappa shape index (κ2) is 38.4. The average molecular weight is 1590 g/mol. The number of likely N-dealkylation sites (tertiary alicyclic amines) is 3. The van der Waals surface area contributed by atoms with E-state index in [0.29, 0.717) is 87.8 Å². The highest BCUT2D eigenvalue weighted by molar-refractivity contribution is 5.78. The number of halogens is 3. The summed E-state index contributed by atoms with van der Waals surface area (Å²) in [6, 6.07) is 23.7. The number of rotatable bonds is 30. The van der Waals surface area contributed by atoms with Gasteiger partial charge in [0.25, 0.3) is 0 Å². The number of ether oxygens (including phenoxy) is 6. The Morgan fingerprint density at radius 3 is 1.10 bits per heavy atom. The number of carbonyl (C=O) groups is 3. The molecule has 1 saturated carbocycles. The molecule has 1 spiro atoms. The smallest absolute Gasteiger partial charge is 0.325 e. The number of nitrogens with zero attached hydrogens (tertiary/aromatic N) is 6. The minimum Gasteiger partial charge on any atom is -0.480 e. The third-order valence-electron chi connectivity index (χ3n) is 25.2. The molecule has 16 rings (SSSR count). The van der Waals surface area contributed by atoms with Gasteiger partial charge in [0.05, 0.1) is 54.4 Å². The molecule has 3 aromatic heterocycles. The topological polar surface area (TPSA) is 252 Å². The lowest BCUT2D eigenvalue weighted by Gasteiger charge is -2.33. The number of aryl methyl sites for hydroxylation is 6. The summed E-state index contributed by atoms with van der Waals surface area (Å²) in [6.07, 6.45) is 24.6. The maximum atomic E-state index is 14.4. The molecule has 6 aromatic rings. The number of anilines is 3. The maximum Gasteiger partial charge on any atom is 0.325 e. The fraction of sp³-hybridized carbons (Fsp3) is 0.604. The molecular weight excluding hydrogens is 1470 g/mol. The van der Waals surface area contributed by atoms with Crippen LogP contribution >= 0.6 is 0 Å². The van der Waals surface area contributed by atoms with Crippen LogP contribution < -0.4 is 16.0 Å². The molecule has 12 heterocycles. The van der Waals surface area contributed by atoms with Crippen molar-refractivity contribution in [2.45, 2.75) is 261 Å². The Balaban J connectivity index is 0.000000142. The number of unbranched alkanes of at least 4 members (excludes halogenated alkanes) is 3. The Kier molecular flexibility index (Phi) is 28.0. The zero-order valence-electron chi connectivity index (χ0n) is 67.8. The van der Waals surface area contributed by atoms with Crippen molar-refractivity contribution in [3.63, 3.8) is 0 Å². The van der Waals surface area contributed by atoms with Gasteiger partial charge in [0.2, 0.25) is 0 Å². The third-order valence-corrected chi connectivity index (χ3v) is 25.2. The van der Waals surface area contributed by atoms with Gasteiger partial charge in [0.15, 0.2) is 0 Å². The van der Waals surface area contributed by atoms with Crippen LogP contribution in [0.15, 0.2) is 91.0 Å². The van der Waals surface area contributed by atoms with Gasteiger partial charge in [-0.25, -0.2) is 28.1 Å². The summed E-state index contributed by atoms with van der Waals surface area (Å²) in [5.41, 5.74) is 10.9. The summed E-state index contributed by atoms with van der Waals surface area (Å²) in [5.74, 6) is -1.05. The minimum absolute atomic E-state index is 0.0180. The Labute approximate surface area is 675 Å². The molecule has 2 unspecified atom stereocenters. The summed E-state index contributed by atoms with van der Waals surface area (Å²) < 4.78 is 80.1. The van der Waals surface area contributed by atoms with E-state index in [-0.39, 0.29) is 47.8 Å². The zero-order valence-corrected chi connectivity index (χ0v) is 67.8. The first-order valence-electron chi connectivity index (χ1n) is 42.9. The second-order valence-electron chi connectivity index (χ2n) is 34.9. The Morgan fingerprint density at radius 1 is 0.452 bits per heavy atom. The van der Waals surface area contributed by atoms with E-state index in [2.05, 4.69) is 52.3 Å². The van der Waals surface area contributed by atoms with Crippen molar-refractivity contribution < 1.29 is 71.3 Å². The van der Waals surface area contributed by atoms with Crippen molar-refractivity contribution in [3.8, 4) is 0 Å². The standard InChI is InChI=1S/C31H40FN3O4.2C30H40FN3O4/c32-22-7-9-25(27-10-12-31(13-14-31)20-39-27)26(18-22)28(30(36)37)35-16-11-24(19-35)38-17-2-1-5-23-8-6-21-4-3-15-33-29(21)34-23;2*1-30(2)14-12-26(38-30)24-11-9-21(31)18-25(24)27(29(35)36)34-16-13-23(19-34)37-17-4-3-7-22-10-8-20-6-5-15-32-28(20)33-22/h6-9,18,24,27-28H,1-5,10-17,19-20H2,(H,33,34)(H,36,37);2*8-11,18,23,26-27H,3-7,12-17,19H2,1-2H3,(H,32,33)(H,35,36)/t24-,27+,28+;23-,26?,27+;23-,26?,27-/m111/s1. The minimum atomic E-state index is -0.971. The predicted molar refractivity (Wildman–Crippen MR) is 434 cm³/mol. The van der Waals surface area contributed by atoms with E-state index in [4.69, 9.17) is 43.4 Å². The molecule has 3 aromatic carbocycles. The van der Waals surface area contributed by atoms with Gasteiger partial charge in [-0.2, -0.15) is 0 Å². The first-order chi connectivity index (χ1) is 55.6. The van der Waals surface area contributed by atoms with Gasteiger partial charge in [-0.05, 0) is 305 Å². The number of pyridine rings is 3. The van der Waals surface area contributed by atoms with E-state index in [1.54, 1.807) is 18.2 Å². The fourth-order valence-corrected chi connectivity index (χ4v) is 18.6. The number of benzene rings is 3. The van der Waals surface area contributed by atoms with Crippen LogP contribution in [0.4, 0.5) is 30.6 Å². The molecule has 6 saturated heterocycles. The summed E-state index contributed by atoms with van der Waals surface area (Å²) in [4.78, 5) is 57.5. The monoisotopic (exact) mass is 1590 g/mol. The quantitative estimate of drug-likeness (QED) is 0.0229. The highest BCUT2D eigenvalue weighted by Gasteiger charge is 2.48. The van der Waals surface area contributed by atoms with Gasteiger partial charge in [0, 0.05) is 95.8 Å². The number of hydrogen-bond donors (Lipinski definition) is 6. The molecule has 24 heteroatoms. The first kappa shape index (κ1) is 83.8. The number of carboxylic acids is 3. The molecule has 0 radical (unpaired) electrons. The van der Waals surface area contributed by atoms with Crippen LogP contribution in [0, 0.1) is 22.9 Å². The second-order valence-corrected chi connectivity index (χ2v) is 34.9. The van der Waals surface area contributed by atoms with Crippen LogP contribution in [0.25, 0.3) is 0 Å². The molecule has 0 bridgehead atoms. The van der Waals surface area contributed by atoms with Gasteiger partial charge < -0.3 is 59.7 Å². The predicted octanol–water partition coefficient (Wildman–Crippen LogP) is 16.3. The summed E-state index contributed by atoms with van der Waals surface area (Å²) >= 11 is 0. The van der Waals surface area contributed by atoms with Crippen molar-refractivity contribution >= 4 is 35.4 Å². The molecular formula is C91H120F3N9O12. The number of fused-ring (bicyclic) bond motifs is 3. The summed E-state index contributed by atoms with van der Waals surface area (Å²) in [6.45, 7) is 17.1. The van der Waals surface area contributed by atoms with E-state index in [9.17, 15) is 42.9 Å². The number of carboxylic acid groups (broad SMARTS) is 3. The number of hydrogen-bond acceptors (Lipinski definition) is 18. The average Bonchev–Trinajstić information content (AvgIpc) is 1.42. The first-order valence-corrected chi connectivity index (χ1v) is 42.9. The van der Waals surface area contributed by atoms with Gasteiger partial charge in [-0.15, -0.1) is 0 Å². The molecule has 9 aliphatic heterocycles. The van der Waals surface area contributed by atoms with Gasteiger partial charge >= 0.3 is 17.9 Å². The van der Waals surface area contributed by atoms with Crippen molar-refractivity contribution in [3.05, 3.63) is 176 Å². The molecule has 7 fully saturated rings. The Bertz CT molecular complexity index is 4130. The third kappa shape index (κ3) is 22.0. The molecule has 0 amide bonds. The lowest BCUT2D eigenvalue weighted by atomic mass is 9.88. The van der Waals surface area contributed by atoms with Crippen LogP contribution in [0.5, 0.6) is 0 Å². The highest BCUT2D eigenvalue weighted by atomic mass is 19.1. The molecule has 6 N–H and O–H groups in total. The number of nitrogens with one attached hydrogen (secondary N) is 3. The zero-order chi connectivity index (χ0) is 80.2. The number of aliphatic carboxylic acids is 3. The van der Waals surface area contributed by atoms with Crippen LogP contribution in [0.1, 0.15) is 260 Å². The van der Waals surface area contributed by atoms with Crippen LogP contribution in [-0.4, -0.2) is 178 Å². The molecule has 1 aliphatic carbocycles. The van der Waals surface area contributed by atoms with Gasteiger partial charge in [-0.1, -0.05) is 36.4 Å². The highest BCUT2D eigenvalue weighted by Crippen LogP contribution is 2.55. The van der Waals surface area contributed by atoms with Gasteiger partial charge in [-0.3, -0.25) is 29.1 Å². The normalized spacial score (nSPS) is 24.0. The van der Waals surface area contributed by atoms with E-state index >= 15 is 0 Å². The van der Waals surface area contributed by atoms with E-state index in [1.165, 1.54) is 65.9 Å². The lowest BCUT2D eigenvalue weighted by Crippen LogP contribution is -2.35. The van der Waals surface area contributed by atoms with Crippen molar-refractivity contribution in [2.75, 3.05) is 101 Å². The molecule has 622 valence electrons. The van der Waals surface area contributed by atoms with Crippen LogP contribution in [-0.2, 0) is 81.3 Å². The van der Waals surface area contributed by atoms with Gasteiger partial charge in [0.1, 0.15) is 53.0 Å². The maximum absolute atomic E-state index is 14.4. The van der Waals surface area contributed by atoms with Crippen molar-refractivity contribution in [2.24, 2.45) is 5.41 Å². The Hall–Kier alpha value is -7.65.